The summed E-state index contributed by atoms with van der Waals surface area (Å²) < 4.78 is 5.66. The second-order valence-electron chi connectivity index (χ2n) is 16.7. The fraction of sp³-hybridized carbons (Fsp3) is 0.400. The molecule has 0 bridgehead atoms. The maximum atomic E-state index is 14.1. The maximum Gasteiger partial charge on any atom is 0.274 e. The van der Waals surface area contributed by atoms with E-state index in [9.17, 15) is 24.3 Å². The number of carbonyl (C=O) groups excluding carboxylic acids is 4. The number of aliphatic hydroxyl groups excluding tert-OH is 1. The number of likely N-dealkylation sites (tertiary alicyclic amines) is 1. The Bertz CT molecular complexity index is 2350. The van der Waals surface area contributed by atoms with Gasteiger partial charge in [0.25, 0.3) is 5.91 Å². The molecule has 0 spiro atoms. The molecule has 2 aliphatic heterocycles. The fourth-order valence-electron chi connectivity index (χ4n) is 7.78. The number of rotatable bonds is 14. The number of aliphatic hydroxyl groups is 1. The molecule has 5 aromatic rings. The number of amides is 4. The van der Waals surface area contributed by atoms with Crippen molar-refractivity contribution in [3.05, 3.63) is 95.4 Å². The number of anilines is 2. The van der Waals surface area contributed by atoms with Gasteiger partial charge in [-0.05, 0) is 53.8 Å². The summed E-state index contributed by atoms with van der Waals surface area (Å²) in [4.78, 5) is 69.9. The van der Waals surface area contributed by atoms with Gasteiger partial charge < -0.3 is 35.6 Å². The average molecular weight is 863 g/mol. The van der Waals surface area contributed by atoms with E-state index in [0.29, 0.717) is 55.5 Å². The first-order valence-electron chi connectivity index (χ1n) is 20.8. The molecular formula is C45H54N10O6S. The molecule has 17 heteroatoms. The van der Waals surface area contributed by atoms with Crippen molar-refractivity contribution in [2.45, 2.75) is 65.3 Å². The van der Waals surface area contributed by atoms with Crippen LogP contribution in [0.2, 0.25) is 0 Å². The second kappa shape index (κ2) is 19.3. The Morgan fingerprint density at radius 3 is 2.45 bits per heavy atom. The summed E-state index contributed by atoms with van der Waals surface area (Å²) in [6.45, 7) is 11.2. The number of hydrogen-bond donors (Lipinski definition) is 5. The molecule has 62 heavy (non-hydrogen) atoms. The van der Waals surface area contributed by atoms with Gasteiger partial charge >= 0.3 is 0 Å². The van der Waals surface area contributed by atoms with Crippen molar-refractivity contribution in [2.24, 2.45) is 5.41 Å². The van der Waals surface area contributed by atoms with Gasteiger partial charge in [-0.25, -0.2) is 9.97 Å². The van der Waals surface area contributed by atoms with E-state index in [4.69, 9.17) is 4.74 Å². The van der Waals surface area contributed by atoms with Gasteiger partial charge in [0.05, 0.1) is 40.7 Å². The van der Waals surface area contributed by atoms with Crippen molar-refractivity contribution >= 4 is 46.3 Å². The molecule has 0 aliphatic carbocycles. The molecule has 7 rings (SSSR count). The number of pyridine rings is 1. The van der Waals surface area contributed by atoms with Gasteiger partial charge in [0.1, 0.15) is 29.2 Å². The minimum atomic E-state index is -0.902. The summed E-state index contributed by atoms with van der Waals surface area (Å²) in [5.74, 6) is -0.858. The summed E-state index contributed by atoms with van der Waals surface area (Å²) in [7, 11) is 1.56. The van der Waals surface area contributed by atoms with Crippen LogP contribution in [0.4, 0.5) is 11.4 Å². The molecular weight excluding hydrogens is 809 g/mol. The smallest absolute Gasteiger partial charge is 0.274 e. The van der Waals surface area contributed by atoms with Crippen molar-refractivity contribution in [2.75, 3.05) is 56.6 Å². The number of β-amino-alcohol motifs (C(OH)–C–C–N with tert-alkyl or cyclic N) is 1. The van der Waals surface area contributed by atoms with Crippen molar-refractivity contribution in [1.82, 2.24) is 40.6 Å². The Hall–Kier alpha value is -6.17. The third-order valence-corrected chi connectivity index (χ3v) is 12.3. The van der Waals surface area contributed by atoms with Crippen LogP contribution in [-0.2, 0) is 20.9 Å². The first kappa shape index (κ1) is 43.9. The molecule has 0 radical (unpaired) electrons. The zero-order chi connectivity index (χ0) is 44.0. The van der Waals surface area contributed by atoms with E-state index in [2.05, 4.69) is 45.9 Å². The summed E-state index contributed by atoms with van der Waals surface area (Å²) in [5.41, 5.74) is 7.02. The van der Waals surface area contributed by atoms with Crippen LogP contribution in [0.15, 0.2) is 78.4 Å². The molecule has 16 nitrogen and oxygen atoms in total. The number of hydrogen-bond acceptors (Lipinski definition) is 12. The zero-order valence-electron chi connectivity index (χ0n) is 35.7. The molecule has 5 N–H and O–H groups in total. The summed E-state index contributed by atoms with van der Waals surface area (Å²) in [6, 6.07) is 18.8. The van der Waals surface area contributed by atoms with Gasteiger partial charge in [-0.15, -0.1) is 11.3 Å². The van der Waals surface area contributed by atoms with Crippen LogP contribution in [0.3, 0.4) is 0 Å². The van der Waals surface area contributed by atoms with E-state index in [1.54, 1.807) is 48.9 Å². The lowest BCUT2D eigenvalue weighted by molar-refractivity contribution is -0.144. The maximum absolute atomic E-state index is 14.1. The predicted octanol–water partition coefficient (Wildman–Crippen LogP) is 4.49. The lowest BCUT2D eigenvalue weighted by Crippen LogP contribution is -2.58. The van der Waals surface area contributed by atoms with E-state index < -0.39 is 29.5 Å². The number of thiazole rings is 1. The van der Waals surface area contributed by atoms with Crippen LogP contribution in [0.1, 0.15) is 55.4 Å². The molecule has 326 valence electrons. The van der Waals surface area contributed by atoms with Crippen LogP contribution in [0.25, 0.3) is 21.8 Å². The number of aromatic amines is 1. The van der Waals surface area contributed by atoms with Crippen LogP contribution in [-0.4, -0.2) is 123 Å². The Balaban J connectivity index is 0.887. The molecule has 3 aromatic heterocycles. The highest BCUT2D eigenvalue weighted by Crippen LogP contribution is 2.32. The Morgan fingerprint density at radius 1 is 1.00 bits per heavy atom. The number of nitrogens with zero attached hydrogens (tertiary/aromatic N) is 6. The highest BCUT2D eigenvalue weighted by Gasteiger charge is 2.44. The van der Waals surface area contributed by atoms with Crippen LogP contribution in [0.5, 0.6) is 5.75 Å². The van der Waals surface area contributed by atoms with Crippen molar-refractivity contribution in [3.63, 3.8) is 0 Å². The number of carbonyl (C=O) groups is 4. The summed E-state index contributed by atoms with van der Waals surface area (Å²) in [5, 5.41) is 26.4. The number of H-pyrrole nitrogens is 1. The molecule has 3 atom stereocenters. The largest absolute Gasteiger partial charge is 0.494 e. The number of methoxy groups -OCH3 is 1. The Kier molecular flexibility index (Phi) is 13.6. The van der Waals surface area contributed by atoms with Crippen molar-refractivity contribution in [1.29, 1.82) is 0 Å². The van der Waals surface area contributed by atoms with E-state index in [0.717, 1.165) is 27.4 Å². The fourth-order valence-corrected chi connectivity index (χ4v) is 8.59. The number of aryl methyl sites for hydroxylation is 1. The highest BCUT2D eigenvalue weighted by atomic mass is 32.1. The molecule has 2 aromatic carbocycles. The molecule has 2 aliphatic rings. The zero-order valence-corrected chi connectivity index (χ0v) is 36.5. The number of aromatic nitrogens is 4. The molecule has 2 saturated heterocycles. The Morgan fingerprint density at radius 2 is 1.77 bits per heavy atom. The molecule has 4 amide bonds. The standard InChI is InChI=1S/C45H54N10O6S/c1-28-40(62-27-47-28)30-11-9-29(10-12-30)25-46-43(59)37-24-32(56)26-55(37)44(60)41(45(2,3)4)51-39(57)16-18-53-19-21-54(22-20-53)31-13-14-35(38(23-31)61-5)50-42(58)36-8-6-7-33(49-36)34-15-17-48-52-34/h6-15,17,23,27,32,37,41,56H,16,18-22,24-26H2,1-5H3,(H,46,59)(H,48,52)(H,50,58)(H,51,57)/t32-,37+,41-/m1/s1. The van der Waals surface area contributed by atoms with Gasteiger partial charge in [0.15, 0.2) is 0 Å². The van der Waals surface area contributed by atoms with Crippen molar-refractivity contribution < 1.29 is 29.0 Å². The minimum absolute atomic E-state index is 0.00886. The normalized spacial score (nSPS) is 17.4. The molecule has 5 heterocycles. The first-order chi connectivity index (χ1) is 29.8. The second-order valence-corrected chi connectivity index (χ2v) is 17.6. The van der Waals surface area contributed by atoms with Gasteiger partial charge in [-0.2, -0.15) is 5.10 Å². The van der Waals surface area contributed by atoms with Crippen LogP contribution >= 0.6 is 11.3 Å². The lowest BCUT2D eigenvalue weighted by Gasteiger charge is -2.37. The monoisotopic (exact) mass is 862 g/mol. The Labute approximate surface area is 365 Å². The van der Waals surface area contributed by atoms with Gasteiger partial charge in [-0.1, -0.05) is 51.1 Å². The predicted molar refractivity (Wildman–Crippen MR) is 238 cm³/mol. The van der Waals surface area contributed by atoms with E-state index >= 15 is 0 Å². The van der Waals surface area contributed by atoms with Crippen LogP contribution in [0, 0.1) is 12.3 Å². The topological polar surface area (TPSA) is 198 Å². The molecule has 0 saturated carbocycles. The highest BCUT2D eigenvalue weighted by molar-refractivity contribution is 7.13. The number of ether oxygens (including phenoxy) is 1. The van der Waals surface area contributed by atoms with Gasteiger partial charge in [0, 0.05) is 76.6 Å². The van der Waals surface area contributed by atoms with E-state index in [1.165, 1.54) is 4.90 Å². The number of benzene rings is 2. The van der Waals surface area contributed by atoms with Crippen molar-refractivity contribution in [3.8, 4) is 27.6 Å². The van der Waals surface area contributed by atoms with Gasteiger partial charge in [-0.3, -0.25) is 29.2 Å². The van der Waals surface area contributed by atoms with Gasteiger partial charge in [0.2, 0.25) is 17.7 Å². The first-order valence-corrected chi connectivity index (χ1v) is 21.6. The summed E-state index contributed by atoms with van der Waals surface area (Å²) >= 11 is 1.58. The molecule has 2 fully saturated rings. The average Bonchev–Trinajstić information content (AvgIpc) is 4.06. The lowest BCUT2D eigenvalue weighted by atomic mass is 9.85. The van der Waals surface area contributed by atoms with E-state index in [1.807, 2.05) is 75.7 Å². The summed E-state index contributed by atoms with van der Waals surface area (Å²) in [6.07, 6.45) is 1.15. The van der Waals surface area contributed by atoms with Crippen LogP contribution < -0.4 is 25.6 Å². The molecule has 0 unspecified atom stereocenters. The van der Waals surface area contributed by atoms with E-state index in [-0.39, 0.29) is 49.3 Å². The number of nitrogens with one attached hydrogen (secondary N) is 4. The third-order valence-electron chi connectivity index (χ3n) is 11.3. The number of piperazine rings is 1. The minimum Gasteiger partial charge on any atom is -0.494 e. The quantitative estimate of drug-likeness (QED) is 0.106. The third kappa shape index (κ3) is 10.5. The SMILES string of the molecule is COc1cc(N2CCN(CCC(=O)N[C@H](C(=O)N3C[C@H](O)C[C@H]3C(=O)NCc3ccc(-c4scnc4C)cc3)C(C)(C)C)CC2)ccc1NC(=O)c1cccc(-c2cc[nH]n2)n1.